The van der Waals surface area contributed by atoms with Crippen LogP contribution in [0.4, 0.5) is 4.39 Å². The lowest BCUT2D eigenvalue weighted by molar-refractivity contribution is -0.134. The fourth-order valence-corrected chi connectivity index (χ4v) is 3.27. The van der Waals surface area contributed by atoms with Crippen molar-refractivity contribution in [1.82, 2.24) is 10.2 Å². The summed E-state index contributed by atoms with van der Waals surface area (Å²) in [6.07, 6.45) is 3.00. The van der Waals surface area contributed by atoms with E-state index in [1.54, 1.807) is 13.0 Å². The summed E-state index contributed by atoms with van der Waals surface area (Å²) in [6, 6.07) is 5.93. The third-order valence-corrected chi connectivity index (χ3v) is 4.57. The molecule has 1 atom stereocenters. The van der Waals surface area contributed by atoms with E-state index in [1.807, 2.05) is 4.90 Å². The zero-order valence-electron chi connectivity index (χ0n) is 15.0. The minimum Gasteiger partial charge on any atom is -0.340 e. The molecule has 0 aliphatic carbocycles. The van der Waals surface area contributed by atoms with Crippen LogP contribution in [0.2, 0.25) is 0 Å². The zero-order valence-corrected chi connectivity index (χ0v) is 15.8. The Morgan fingerprint density at radius 3 is 2.60 bits per heavy atom. The largest absolute Gasteiger partial charge is 0.340 e. The predicted molar refractivity (Wildman–Crippen MR) is 99.7 cm³/mol. The Kier molecular flexibility index (Phi) is 9.08. The molecule has 1 aromatic carbocycles. The first kappa shape index (κ1) is 21.6. The van der Waals surface area contributed by atoms with Crippen LogP contribution in [0.15, 0.2) is 24.3 Å². The van der Waals surface area contributed by atoms with Crippen LogP contribution >= 0.6 is 12.4 Å². The molecule has 4 nitrogen and oxygen atoms in total. The van der Waals surface area contributed by atoms with Crippen LogP contribution in [0.1, 0.15) is 49.9 Å². The predicted octanol–water partition coefficient (Wildman–Crippen LogP) is 3.45. The van der Waals surface area contributed by atoms with Crippen LogP contribution in [0.25, 0.3) is 0 Å². The van der Waals surface area contributed by atoms with E-state index in [0.717, 1.165) is 38.9 Å². The summed E-state index contributed by atoms with van der Waals surface area (Å²) in [5, 5.41) is 3.31. The maximum absolute atomic E-state index is 13.3. The van der Waals surface area contributed by atoms with Crippen molar-refractivity contribution in [2.45, 2.75) is 45.6 Å². The molecule has 2 rings (SSSR count). The van der Waals surface area contributed by atoms with Gasteiger partial charge in [0.2, 0.25) is 5.91 Å². The third-order valence-electron chi connectivity index (χ3n) is 4.57. The van der Waals surface area contributed by atoms with Crippen molar-refractivity contribution < 1.29 is 14.0 Å². The van der Waals surface area contributed by atoms with Crippen LogP contribution in [0, 0.1) is 11.7 Å². The van der Waals surface area contributed by atoms with Crippen LogP contribution < -0.4 is 5.32 Å². The molecule has 140 valence electrons. The smallest absolute Gasteiger partial charge is 0.223 e. The van der Waals surface area contributed by atoms with E-state index in [9.17, 15) is 14.0 Å². The second-order valence-corrected chi connectivity index (χ2v) is 6.55. The Labute approximate surface area is 155 Å². The number of nitrogens with zero attached hydrogens (tertiary/aromatic N) is 1. The van der Waals surface area contributed by atoms with E-state index in [2.05, 4.69) is 12.2 Å². The van der Waals surface area contributed by atoms with Gasteiger partial charge in [0, 0.05) is 30.5 Å². The SMILES string of the molecule is CCCN(C(=O)CC(C)C(=O)c1cccc(F)c1)C1CCNCC1.Cl. The van der Waals surface area contributed by atoms with Gasteiger partial charge < -0.3 is 10.2 Å². The molecule has 1 amide bonds. The number of carbonyl (C=O) groups is 2. The highest BCUT2D eigenvalue weighted by molar-refractivity contribution is 5.99. The van der Waals surface area contributed by atoms with Crippen LogP contribution in [0.3, 0.4) is 0 Å². The minimum atomic E-state index is -0.444. The number of rotatable bonds is 7. The molecule has 1 aliphatic rings. The average molecular weight is 371 g/mol. The van der Waals surface area contributed by atoms with Gasteiger partial charge in [0.25, 0.3) is 0 Å². The van der Waals surface area contributed by atoms with Crippen molar-refractivity contribution in [3.63, 3.8) is 0 Å². The van der Waals surface area contributed by atoms with Crippen molar-refractivity contribution in [2.24, 2.45) is 5.92 Å². The van der Waals surface area contributed by atoms with E-state index >= 15 is 0 Å². The summed E-state index contributed by atoms with van der Waals surface area (Å²) in [5.74, 6) is -1.02. The average Bonchev–Trinajstić information content (AvgIpc) is 2.59. The highest BCUT2D eigenvalue weighted by Gasteiger charge is 2.27. The van der Waals surface area contributed by atoms with Gasteiger partial charge in [0.1, 0.15) is 5.82 Å². The molecule has 6 heteroatoms. The molecule has 0 bridgehead atoms. The van der Waals surface area contributed by atoms with Crippen molar-refractivity contribution >= 4 is 24.1 Å². The first-order valence-electron chi connectivity index (χ1n) is 8.83. The number of halogens is 2. The van der Waals surface area contributed by atoms with Gasteiger partial charge in [0.15, 0.2) is 5.78 Å². The fourth-order valence-electron chi connectivity index (χ4n) is 3.27. The third kappa shape index (κ3) is 6.08. The zero-order chi connectivity index (χ0) is 17.5. The second kappa shape index (κ2) is 10.5. The lowest BCUT2D eigenvalue weighted by atomic mass is 9.95. The van der Waals surface area contributed by atoms with Gasteiger partial charge in [-0.25, -0.2) is 4.39 Å². The molecule has 1 fully saturated rings. The summed E-state index contributed by atoms with van der Waals surface area (Å²) in [4.78, 5) is 27.1. The number of amides is 1. The van der Waals surface area contributed by atoms with Gasteiger partial charge in [-0.05, 0) is 44.5 Å². The molecule has 1 aliphatic heterocycles. The lowest BCUT2D eigenvalue weighted by Gasteiger charge is -2.35. The van der Waals surface area contributed by atoms with Gasteiger partial charge in [0.05, 0.1) is 0 Å². The van der Waals surface area contributed by atoms with E-state index in [-0.39, 0.29) is 36.6 Å². The summed E-state index contributed by atoms with van der Waals surface area (Å²) >= 11 is 0. The van der Waals surface area contributed by atoms with Gasteiger partial charge >= 0.3 is 0 Å². The van der Waals surface area contributed by atoms with Crippen LogP contribution in [-0.2, 0) is 4.79 Å². The summed E-state index contributed by atoms with van der Waals surface area (Å²) in [5.41, 5.74) is 0.333. The number of carbonyl (C=O) groups excluding carboxylic acids is 2. The molecule has 0 spiro atoms. The number of hydrogen-bond acceptors (Lipinski definition) is 3. The monoisotopic (exact) mass is 370 g/mol. The Morgan fingerprint density at radius 1 is 1.32 bits per heavy atom. The molecule has 1 unspecified atom stereocenters. The standard InChI is InChI=1S/C19H27FN2O2.ClH/c1-3-11-22(17-7-9-21-10-8-17)18(23)12-14(2)19(24)15-5-4-6-16(20)13-15;/h4-6,13-14,17,21H,3,7-12H2,1-2H3;1H. The molecular formula is C19H28ClFN2O2. The highest BCUT2D eigenvalue weighted by Crippen LogP contribution is 2.19. The van der Waals surface area contributed by atoms with E-state index in [1.165, 1.54) is 18.2 Å². The lowest BCUT2D eigenvalue weighted by Crippen LogP contribution is -2.47. The Hall–Kier alpha value is -1.46. The number of ketones is 1. The number of piperidine rings is 1. The fraction of sp³-hybridized carbons (Fsp3) is 0.579. The van der Waals surface area contributed by atoms with Crippen molar-refractivity contribution in [3.8, 4) is 0 Å². The van der Waals surface area contributed by atoms with E-state index in [4.69, 9.17) is 0 Å². The van der Waals surface area contributed by atoms with Crippen molar-refractivity contribution in [2.75, 3.05) is 19.6 Å². The highest BCUT2D eigenvalue weighted by atomic mass is 35.5. The van der Waals surface area contributed by atoms with E-state index < -0.39 is 11.7 Å². The van der Waals surface area contributed by atoms with Gasteiger partial charge in [-0.2, -0.15) is 0 Å². The normalized spacial score (nSPS) is 16.0. The summed E-state index contributed by atoms with van der Waals surface area (Å²) < 4.78 is 13.3. The van der Waals surface area contributed by atoms with Gasteiger partial charge in [-0.15, -0.1) is 12.4 Å². The van der Waals surface area contributed by atoms with Crippen molar-refractivity contribution in [1.29, 1.82) is 0 Å². The summed E-state index contributed by atoms with van der Waals surface area (Å²) in [7, 11) is 0. The Bertz CT molecular complexity index is 576. The topological polar surface area (TPSA) is 49.4 Å². The maximum atomic E-state index is 13.3. The van der Waals surface area contributed by atoms with Crippen LogP contribution in [-0.4, -0.2) is 42.3 Å². The Morgan fingerprint density at radius 2 is 2.00 bits per heavy atom. The van der Waals surface area contributed by atoms with Crippen LogP contribution in [0.5, 0.6) is 0 Å². The molecule has 0 radical (unpaired) electrons. The number of Topliss-reactive ketones (excluding diaryl/α,β-unsaturated/α-hetero) is 1. The number of hydrogen-bond donors (Lipinski definition) is 1. The first-order chi connectivity index (χ1) is 11.5. The molecule has 25 heavy (non-hydrogen) atoms. The van der Waals surface area contributed by atoms with Gasteiger partial charge in [-0.1, -0.05) is 26.0 Å². The second-order valence-electron chi connectivity index (χ2n) is 6.55. The van der Waals surface area contributed by atoms with E-state index in [0.29, 0.717) is 5.56 Å². The quantitative estimate of drug-likeness (QED) is 0.748. The molecule has 0 saturated carbocycles. The molecule has 1 saturated heterocycles. The molecule has 1 heterocycles. The number of nitrogens with one attached hydrogen (secondary N) is 1. The van der Waals surface area contributed by atoms with Crippen molar-refractivity contribution in [3.05, 3.63) is 35.6 Å². The Balaban J connectivity index is 0.00000312. The molecule has 1 N–H and O–H groups in total. The van der Waals surface area contributed by atoms with Gasteiger partial charge in [-0.3, -0.25) is 9.59 Å². The molecule has 1 aromatic rings. The maximum Gasteiger partial charge on any atom is 0.223 e. The minimum absolute atomic E-state index is 0. The number of benzene rings is 1. The summed E-state index contributed by atoms with van der Waals surface area (Å²) in [6.45, 7) is 6.39. The first-order valence-corrected chi connectivity index (χ1v) is 8.83. The molecular weight excluding hydrogens is 343 g/mol. The molecule has 0 aromatic heterocycles.